The molecule has 1 N–H and O–H groups in total. The Morgan fingerprint density at radius 2 is 1.77 bits per heavy atom. The van der Waals surface area contributed by atoms with Gasteiger partial charge < -0.3 is 10.0 Å². The molecule has 0 bridgehead atoms. The SMILES string of the molecule is CC(=O)/C(=C(/C)O)C1CN1c1nnc(SCC(CCCCC(C)C)CCC(C)C)s1. The van der Waals surface area contributed by atoms with E-state index in [1.165, 1.54) is 45.4 Å². The zero-order valence-corrected chi connectivity index (χ0v) is 21.1. The lowest BCUT2D eigenvalue weighted by molar-refractivity contribution is -0.113. The van der Waals surface area contributed by atoms with Crippen LogP contribution in [-0.2, 0) is 4.79 Å². The Morgan fingerprint density at radius 1 is 1.10 bits per heavy atom. The monoisotopic (exact) mass is 453 g/mol. The summed E-state index contributed by atoms with van der Waals surface area (Å²) in [6.07, 6.45) is 7.84. The highest BCUT2D eigenvalue weighted by molar-refractivity contribution is 8.01. The van der Waals surface area contributed by atoms with Gasteiger partial charge in [-0.25, -0.2) is 0 Å². The fourth-order valence-electron chi connectivity index (χ4n) is 3.76. The van der Waals surface area contributed by atoms with Crippen LogP contribution in [0.5, 0.6) is 0 Å². The van der Waals surface area contributed by atoms with Gasteiger partial charge in [0.25, 0.3) is 0 Å². The van der Waals surface area contributed by atoms with E-state index >= 15 is 0 Å². The third-order valence-corrected chi connectivity index (χ3v) is 7.92. The van der Waals surface area contributed by atoms with E-state index in [2.05, 4.69) is 37.9 Å². The minimum absolute atomic E-state index is 0.0574. The van der Waals surface area contributed by atoms with Crippen LogP contribution in [0.4, 0.5) is 5.13 Å². The Balaban J connectivity index is 1.87. The van der Waals surface area contributed by atoms with E-state index in [9.17, 15) is 9.90 Å². The first-order valence-electron chi connectivity index (χ1n) is 11.3. The molecule has 7 heteroatoms. The lowest BCUT2D eigenvalue weighted by Gasteiger charge is -2.17. The Labute approximate surface area is 190 Å². The summed E-state index contributed by atoms with van der Waals surface area (Å²) in [5.74, 6) is 3.41. The van der Waals surface area contributed by atoms with Crippen LogP contribution in [0.2, 0.25) is 0 Å². The number of Topliss-reactive ketones (excluding diaryl/α,β-unsaturated/α-hetero) is 1. The van der Waals surface area contributed by atoms with Gasteiger partial charge in [-0.1, -0.05) is 76.5 Å². The number of ketones is 1. The lowest BCUT2D eigenvalue weighted by Crippen LogP contribution is -2.11. The molecule has 2 unspecified atom stereocenters. The number of carbonyl (C=O) groups is 1. The normalized spacial score (nSPS) is 18.1. The minimum atomic E-state index is -0.0768. The molecule has 0 saturated carbocycles. The fourth-order valence-corrected chi connectivity index (χ4v) is 5.87. The van der Waals surface area contributed by atoms with Crippen LogP contribution in [0.1, 0.15) is 80.1 Å². The predicted octanol–water partition coefficient (Wildman–Crippen LogP) is 6.51. The first-order chi connectivity index (χ1) is 14.2. The highest BCUT2D eigenvalue weighted by atomic mass is 32.2. The molecule has 1 aromatic heterocycles. The summed E-state index contributed by atoms with van der Waals surface area (Å²) in [5.41, 5.74) is 0.495. The van der Waals surface area contributed by atoms with Gasteiger partial charge in [-0.05, 0) is 44.4 Å². The van der Waals surface area contributed by atoms with Crippen LogP contribution in [0.25, 0.3) is 0 Å². The first kappa shape index (κ1) is 25.2. The van der Waals surface area contributed by atoms with Gasteiger partial charge in [0, 0.05) is 12.3 Å². The summed E-state index contributed by atoms with van der Waals surface area (Å²) in [4.78, 5) is 13.8. The molecule has 0 aliphatic carbocycles. The molecule has 0 radical (unpaired) electrons. The number of thioether (sulfide) groups is 1. The van der Waals surface area contributed by atoms with Crippen LogP contribution >= 0.6 is 23.1 Å². The quantitative estimate of drug-likeness (QED) is 0.114. The zero-order chi connectivity index (χ0) is 22.3. The second kappa shape index (κ2) is 12.1. The third-order valence-electron chi connectivity index (χ3n) is 5.59. The maximum Gasteiger partial charge on any atom is 0.209 e. The fraction of sp³-hybridized carbons (Fsp3) is 0.783. The van der Waals surface area contributed by atoms with Crippen molar-refractivity contribution >= 4 is 34.0 Å². The van der Waals surface area contributed by atoms with Crippen LogP contribution < -0.4 is 4.90 Å². The first-order valence-corrected chi connectivity index (χ1v) is 13.1. The molecular weight excluding hydrogens is 414 g/mol. The largest absolute Gasteiger partial charge is 0.512 e. The maximum absolute atomic E-state index is 11.8. The van der Waals surface area contributed by atoms with Crippen LogP contribution in [0, 0.1) is 17.8 Å². The third kappa shape index (κ3) is 8.22. The molecule has 1 aromatic rings. The number of aliphatic hydroxyl groups is 1. The molecule has 170 valence electrons. The van der Waals surface area contributed by atoms with Crippen molar-refractivity contribution in [2.75, 3.05) is 17.2 Å². The summed E-state index contributed by atoms with van der Waals surface area (Å²) in [6.45, 7) is 13.0. The van der Waals surface area contributed by atoms with Crippen molar-refractivity contribution in [1.29, 1.82) is 0 Å². The summed E-state index contributed by atoms with van der Waals surface area (Å²) in [5, 5.41) is 19.4. The summed E-state index contributed by atoms with van der Waals surface area (Å²) in [7, 11) is 0. The Kier molecular flexibility index (Phi) is 10.1. The Morgan fingerprint density at radius 3 is 2.37 bits per heavy atom. The number of unbranched alkanes of at least 4 members (excludes halogenated alkanes) is 1. The van der Waals surface area contributed by atoms with Crippen LogP contribution in [-0.4, -0.2) is 39.4 Å². The van der Waals surface area contributed by atoms with Crippen LogP contribution in [0.3, 0.4) is 0 Å². The van der Waals surface area contributed by atoms with Crippen molar-refractivity contribution < 1.29 is 9.90 Å². The number of carbonyl (C=O) groups excluding carboxylic acids is 1. The highest BCUT2D eigenvalue weighted by Crippen LogP contribution is 2.38. The molecule has 30 heavy (non-hydrogen) atoms. The molecule has 1 aliphatic heterocycles. The molecule has 2 heterocycles. The molecular formula is C23H39N3O2S2. The van der Waals surface area contributed by atoms with Gasteiger partial charge in [0.05, 0.1) is 17.4 Å². The standard InChI is InChI=1S/C23H39N3O2S2/c1-15(2)9-7-8-10-19(12-11-16(3)4)14-29-23-25-24-22(30-23)26-13-20(26)21(17(5)27)18(6)28/h15-16,19-20,27H,7-14H2,1-6H3/b21-17+. The van der Waals surface area contributed by atoms with Crippen LogP contribution in [0.15, 0.2) is 15.7 Å². The van der Waals surface area contributed by atoms with Gasteiger partial charge in [0.15, 0.2) is 10.1 Å². The minimum Gasteiger partial charge on any atom is -0.512 e. The molecule has 0 aromatic carbocycles. The summed E-state index contributed by atoms with van der Waals surface area (Å²) < 4.78 is 1.00. The second-order valence-corrected chi connectivity index (χ2v) is 11.6. The van der Waals surface area contributed by atoms with Crippen molar-refractivity contribution in [3.8, 4) is 0 Å². The number of aliphatic hydroxyl groups excluding tert-OH is 1. The number of aromatic nitrogens is 2. The molecule has 2 atom stereocenters. The van der Waals surface area contributed by atoms with E-state index in [0.29, 0.717) is 5.57 Å². The highest BCUT2D eigenvalue weighted by Gasteiger charge is 2.42. The van der Waals surface area contributed by atoms with E-state index in [0.717, 1.165) is 39.5 Å². The molecule has 2 rings (SSSR count). The van der Waals surface area contributed by atoms with E-state index < -0.39 is 0 Å². The number of anilines is 1. The molecule has 1 saturated heterocycles. The van der Waals surface area contributed by atoms with Gasteiger partial charge in [0.1, 0.15) is 0 Å². The second-order valence-electron chi connectivity index (χ2n) is 9.40. The smallest absolute Gasteiger partial charge is 0.209 e. The molecule has 1 aliphatic rings. The number of allylic oxidation sites excluding steroid dienone is 1. The van der Waals surface area contributed by atoms with Gasteiger partial charge in [-0.15, -0.1) is 10.2 Å². The summed E-state index contributed by atoms with van der Waals surface area (Å²) in [6, 6.07) is -0.0574. The average molecular weight is 454 g/mol. The number of hydrogen-bond donors (Lipinski definition) is 1. The topological polar surface area (TPSA) is 66.1 Å². The molecule has 1 fully saturated rings. The van der Waals surface area contributed by atoms with E-state index in [-0.39, 0.29) is 17.6 Å². The Hall–Kier alpha value is -1.08. The molecule has 5 nitrogen and oxygen atoms in total. The lowest BCUT2D eigenvalue weighted by atomic mass is 9.93. The Bertz CT molecular complexity index is 711. The maximum atomic E-state index is 11.8. The molecule has 0 amide bonds. The predicted molar refractivity (Wildman–Crippen MR) is 129 cm³/mol. The number of rotatable bonds is 14. The molecule has 0 spiro atoms. The van der Waals surface area contributed by atoms with E-state index in [4.69, 9.17) is 0 Å². The summed E-state index contributed by atoms with van der Waals surface area (Å²) >= 11 is 3.42. The average Bonchev–Trinajstić information content (AvgIpc) is 3.26. The van der Waals surface area contributed by atoms with Crippen molar-refractivity contribution in [3.63, 3.8) is 0 Å². The van der Waals surface area contributed by atoms with Gasteiger partial charge >= 0.3 is 0 Å². The van der Waals surface area contributed by atoms with Gasteiger partial charge in [0.2, 0.25) is 5.13 Å². The van der Waals surface area contributed by atoms with Gasteiger partial charge in [-0.3, -0.25) is 4.79 Å². The van der Waals surface area contributed by atoms with Crippen molar-refractivity contribution in [1.82, 2.24) is 10.2 Å². The number of hydrogen-bond acceptors (Lipinski definition) is 7. The van der Waals surface area contributed by atoms with Gasteiger partial charge in [-0.2, -0.15) is 0 Å². The van der Waals surface area contributed by atoms with E-state index in [1.807, 2.05) is 16.7 Å². The van der Waals surface area contributed by atoms with Crippen molar-refractivity contribution in [2.45, 2.75) is 90.4 Å². The van der Waals surface area contributed by atoms with Crippen molar-refractivity contribution in [3.05, 3.63) is 11.3 Å². The van der Waals surface area contributed by atoms with E-state index in [1.54, 1.807) is 18.3 Å². The zero-order valence-electron chi connectivity index (χ0n) is 19.5. The number of nitrogens with zero attached hydrogens (tertiary/aromatic N) is 3. The van der Waals surface area contributed by atoms with Crippen molar-refractivity contribution in [2.24, 2.45) is 17.8 Å².